The number of hydrogen-bond donors (Lipinski definition) is 0. The summed E-state index contributed by atoms with van der Waals surface area (Å²) >= 11 is 0. The molecule has 0 saturated heterocycles. The molecule has 0 aliphatic heterocycles. The molecule has 1 heteroatoms. The third-order valence-electron chi connectivity index (χ3n) is 1.17. The monoisotopic (exact) mass is 131 g/mol. The van der Waals surface area contributed by atoms with Crippen LogP contribution in [0.3, 0.4) is 0 Å². The van der Waals surface area contributed by atoms with Gasteiger partial charge in [0.25, 0.3) is 0 Å². The Morgan fingerprint density at radius 3 is 2.80 bits per heavy atom. The van der Waals surface area contributed by atoms with Gasteiger partial charge in [-0.1, -0.05) is 5.92 Å². The van der Waals surface area contributed by atoms with E-state index in [-0.39, 0.29) is 0 Å². The predicted molar refractivity (Wildman–Crippen MR) is 39.8 cm³/mol. The van der Waals surface area contributed by atoms with E-state index in [9.17, 15) is 0 Å². The Kier molecular flexibility index (Phi) is 1.96. The molecule has 1 radical (unpaired) electrons. The molecule has 1 nitrogen and oxygen atoms in total. The lowest BCUT2D eigenvalue weighted by atomic mass is 10.2. The van der Waals surface area contributed by atoms with Gasteiger partial charge in [-0.25, -0.2) is 0 Å². The Morgan fingerprint density at radius 1 is 1.60 bits per heavy atom. The lowest BCUT2D eigenvalue weighted by Crippen LogP contribution is -1.81. The van der Waals surface area contributed by atoms with Crippen molar-refractivity contribution in [2.45, 2.75) is 0 Å². The van der Waals surface area contributed by atoms with Crippen molar-refractivity contribution in [3.05, 3.63) is 29.8 Å². The lowest BCUT2D eigenvalue weighted by molar-refractivity contribution is 0.414. The van der Waals surface area contributed by atoms with Gasteiger partial charge >= 0.3 is 0 Å². The number of ether oxygens (including phenoxy) is 1. The van der Waals surface area contributed by atoms with E-state index in [4.69, 9.17) is 11.2 Å². The minimum Gasteiger partial charge on any atom is -0.496 e. The zero-order chi connectivity index (χ0) is 7.40. The molecule has 0 atom stereocenters. The largest absolute Gasteiger partial charge is 0.496 e. The van der Waals surface area contributed by atoms with Gasteiger partial charge < -0.3 is 4.74 Å². The average molecular weight is 131 g/mol. The molecule has 0 saturated carbocycles. The first-order chi connectivity index (χ1) is 4.86. The summed E-state index contributed by atoms with van der Waals surface area (Å²) in [6, 6.07) is 8.20. The Bertz CT molecular complexity index is 240. The molecule has 0 aromatic heterocycles. The van der Waals surface area contributed by atoms with Crippen LogP contribution in [0.2, 0.25) is 0 Å². The summed E-state index contributed by atoms with van der Waals surface area (Å²) in [5.41, 5.74) is 0.820. The van der Waals surface area contributed by atoms with Gasteiger partial charge in [0, 0.05) is 11.6 Å². The van der Waals surface area contributed by atoms with Crippen LogP contribution >= 0.6 is 0 Å². The summed E-state index contributed by atoms with van der Waals surface area (Å²) < 4.78 is 4.89. The Hall–Kier alpha value is -1.42. The summed E-state index contributed by atoms with van der Waals surface area (Å²) in [4.78, 5) is 0. The second kappa shape index (κ2) is 2.93. The molecule has 0 unspecified atom stereocenters. The van der Waals surface area contributed by atoms with Crippen LogP contribution in [-0.4, -0.2) is 7.11 Å². The van der Waals surface area contributed by atoms with Crippen molar-refractivity contribution in [2.24, 2.45) is 0 Å². The molecule has 0 heterocycles. The Morgan fingerprint density at radius 2 is 2.40 bits per heavy atom. The van der Waals surface area contributed by atoms with E-state index >= 15 is 0 Å². The summed E-state index contributed by atoms with van der Waals surface area (Å²) in [5, 5.41) is 0. The van der Waals surface area contributed by atoms with E-state index < -0.39 is 0 Å². The van der Waals surface area contributed by atoms with E-state index in [0.29, 0.717) is 5.75 Å². The quantitative estimate of drug-likeness (QED) is 0.524. The van der Waals surface area contributed by atoms with Crippen molar-refractivity contribution in [3.8, 4) is 18.1 Å². The van der Waals surface area contributed by atoms with Crippen molar-refractivity contribution in [3.63, 3.8) is 0 Å². The molecule has 0 spiro atoms. The maximum Gasteiger partial charge on any atom is 0.126 e. The fraction of sp³-hybridized carbons (Fsp3) is 0.111. The molecule has 49 valence electrons. The van der Waals surface area contributed by atoms with Gasteiger partial charge in [-0.15, -0.1) is 6.42 Å². The fourth-order valence-electron chi connectivity index (χ4n) is 0.627. The maximum atomic E-state index is 5.13. The molecule has 0 fully saturated rings. The average Bonchev–Trinajstić information content (AvgIpc) is 2.05. The molecule has 1 rings (SSSR count). The van der Waals surface area contributed by atoms with Crippen molar-refractivity contribution in [1.29, 1.82) is 0 Å². The summed E-state index contributed by atoms with van der Waals surface area (Å²) in [6.07, 6.45) is 5.13. The highest BCUT2D eigenvalue weighted by Crippen LogP contribution is 2.08. The molecule has 0 aliphatic carbocycles. The van der Waals surface area contributed by atoms with Crippen LogP contribution in [0.4, 0.5) is 0 Å². The standard InChI is InChI=1S/C9H7O/c1-3-8-4-6-9(10-2)7-5-8/h1,4-6H,2H3. The van der Waals surface area contributed by atoms with Crippen molar-refractivity contribution < 1.29 is 4.74 Å². The minimum absolute atomic E-state index is 0.707. The van der Waals surface area contributed by atoms with Crippen molar-refractivity contribution in [1.82, 2.24) is 0 Å². The van der Waals surface area contributed by atoms with Crippen molar-refractivity contribution in [2.75, 3.05) is 7.11 Å². The Labute approximate surface area is 60.6 Å². The van der Waals surface area contributed by atoms with Crippen LogP contribution in [0.15, 0.2) is 18.2 Å². The third kappa shape index (κ3) is 1.29. The SMILES string of the molecule is C#Cc1c[c]c(OC)cc1. The Balaban J connectivity index is 2.93. The normalized spacial score (nSPS) is 8.40. The second-order valence-corrected chi connectivity index (χ2v) is 1.79. The minimum atomic E-state index is 0.707. The topological polar surface area (TPSA) is 9.23 Å². The van der Waals surface area contributed by atoms with Gasteiger partial charge in [-0.05, 0) is 18.2 Å². The number of hydrogen-bond acceptors (Lipinski definition) is 1. The van der Waals surface area contributed by atoms with E-state index in [1.807, 2.05) is 6.07 Å². The van der Waals surface area contributed by atoms with Crippen LogP contribution in [0, 0.1) is 18.4 Å². The highest BCUT2D eigenvalue weighted by atomic mass is 16.5. The highest BCUT2D eigenvalue weighted by Gasteiger charge is 1.88. The maximum absolute atomic E-state index is 5.13. The molecular weight excluding hydrogens is 124 g/mol. The van der Waals surface area contributed by atoms with Gasteiger partial charge in [0.2, 0.25) is 0 Å². The smallest absolute Gasteiger partial charge is 0.126 e. The molecule has 0 bridgehead atoms. The first-order valence-corrected chi connectivity index (χ1v) is 2.89. The fourth-order valence-corrected chi connectivity index (χ4v) is 0.627. The summed E-state index contributed by atoms with van der Waals surface area (Å²) in [5.74, 6) is 3.20. The van der Waals surface area contributed by atoms with Gasteiger partial charge in [0.15, 0.2) is 0 Å². The van der Waals surface area contributed by atoms with E-state index in [1.165, 1.54) is 0 Å². The third-order valence-corrected chi connectivity index (χ3v) is 1.17. The van der Waals surface area contributed by atoms with E-state index in [2.05, 4.69) is 12.0 Å². The molecule has 0 amide bonds. The second-order valence-electron chi connectivity index (χ2n) is 1.79. The molecule has 1 aromatic rings. The van der Waals surface area contributed by atoms with Crippen molar-refractivity contribution >= 4 is 0 Å². The number of terminal acetylenes is 1. The predicted octanol–water partition coefficient (Wildman–Crippen LogP) is 1.48. The molecule has 10 heavy (non-hydrogen) atoms. The van der Waals surface area contributed by atoms with Gasteiger partial charge in [-0.2, -0.15) is 0 Å². The highest BCUT2D eigenvalue weighted by molar-refractivity contribution is 5.35. The summed E-state index contributed by atoms with van der Waals surface area (Å²) in [6.45, 7) is 0. The number of benzene rings is 1. The van der Waals surface area contributed by atoms with Crippen LogP contribution < -0.4 is 4.74 Å². The van der Waals surface area contributed by atoms with Crippen LogP contribution in [0.25, 0.3) is 0 Å². The van der Waals surface area contributed by atoms with Gasteiger partial charge in [-0.3, -0.25) is 0 Å². The van der Waals surface area contributed by atoms with E-state index in [1.54, 1.807) is 19.2 Å². The number of rotatable bonds is 1. The number of methoxy groups -OCH3 is 1. The van der Waals surface area contributed by atoms with Crippen LogP contribution in [-0.2, 0) is 0 Å². The van der Waals surface area contributed by atoms with Gasteiger partial charge in [0.05, 0.1) is 7.11 Å². The zero-order valence-corrected chi connectivity index (χ0v) is 5.72. The van der Waals surface area contributed by atoms with Crippen LogP contribution in [0.5, 0.6) is 5.75 Å². The van der Waals surface area contributed by atoms with Gasteiger partial charge in [0.1, 0.15) is 5.75 Å². The molecule has 1 aromatic carbocycles. The van der Waals surface area contributed by atoms with Crippen LogP contribution in [0.1, 0.15) is 5.56 Å². The molecule has 0 N–H and O–H groups in total. The first-order valence-electron chi connectivity index (χ1n) is 2.89. The first kappa shape index (κ1) is 6.70. The molecular formula is C9H7O. The summed E-state index contributed by atoms with van der Waals surface area (Å²) in [7, 11) is 1.60. The zero-order valence-electron chi connectivity index (χ0n) is 5.72. The lowest BCUT2D eigenvalue weighted by Gasteiger charge is -1.96. The molecule has 0 aliphatic rings. The van der Waals surface area contributed by atoms with E-state index in [0.717, 1.165) is 5.56 Å².